The quantitative estimate of drug-likeness (QED) is 0.513. The highest BCUT2D eigenvalue weighted by molar-refractivity contribution is 6.33. The maximum Gasteiger partial charge on any atom is 0.307 e. The zero-order chi connectivity index (χ0) is 21.8. The molecule has 1 heterocycles. The van der Waals surface area contributed by atoms with E-state index < -0.39 is 17.7 Å². The number of carboxylic acids is 1. The van der Waals surface area contributed by atoms with Crippen molar-refractivity contribution in [3.8, 4) is 17.0 Å². The minimum absolute atomic E-state index is 0.0352. The van der Waals surface area contributed by atoms with Crippen molar-refractivity contribution in [3.63, 3.8) is 0 Å². The molecule has 0 aliphatic heterocycles. The van der Waals surface area contributed by atoms with E-state index in [1.165, 1.54) is 25.3 Å². The van der Waals surface area contributed by atoms with Crippen molar-refractivity contribution in [2.45, 2.75) is 12.8 Å². The summed E-state index contributed by atoms with van der Waals surface area (Å²) < 4.78 is 19.9. The summed E-state index contributed by atoms with van der Waals surface area (Å²) in [6.45, 7) is 0. The van der Waals surface area contributed by atoms with E-state index in [0.29, 0.717) is 6.42 Å². The Morgan fingerprint density at radius 2 is 1.90 bits per heavy atom. The number of methoxy groups -OCH3 is 1. The first-order valence-corrected chi connectivity index (χ1v) is 9.81. The third kappa shape index (κ3) is 4.66. The molecule has 1 unspecified atom stereocenters. The van der Waals surface area contributed by atoms with Crippen molar-refractivity contribution >= 4 is 34.9 Å². The summed E-state index contributed by atoms with van der Waals surface area (Å²) in [6, 6.07) is 13.6. The van der Waals surface area contributed by atoms with Crippen LogP contribution < -0.4 is 10.5 Å². The van der Waals surface area contributed by atoms with E-state index in [2.05, 4.69) is 4.98 Å². The fourth-order valence-electron chi connectivity index (χ4n) is 3.17. The number of nitrogens with zero attached hydrogens (tertiary/aromatic N) is 1. The Kier molecular flexibility index (Phi) is 6.80. The average molecular weight is 449 g/mol. The molecule has 156 valence electrons. The summed E-state index contributed by atoms with van der Waals surface area (Å²) in [6.07, 6.45) is 0.328. The second-order valence-electron chi connectivity index (χ2n) is 6.73. The number of carbonyl (C=O) groups is 1. The molecule has 3 N–H and O–H groups in total. The van der Waals surface area contributed by atoms with E-state index >= 15 is 0 Å². The second-order valence-corrected chi connectivity index (χ2v) is 7.51. The van der Waals surface area contributed by atoms with E-state index in [-0.39, 0.29) is 44.9 Å². The Labute approximate surface area is 183 Å². The first-order chi connectivity index (χ1) is 14.3. The van der Waals surface area contributed by atoms with Crippen molar-refractivity contribution < 1.29 is 19.0 Å². The van der Waals surface area contributed by atoms with Gasteiger partial charge in [-0.1, -0.05) is 53.5 Å². The van der Waals surface area contributed by atoms with E-state index in [1.807, 2.05) is 30.3 Å². The fourth-order valence-corrected chi connectivity index (χ4v) is 3.57. The molecule has 0 aliphatic carbocycles. The number of hydrogen-bond donors (Lipinski definition) is 2. The summed E-state index contributed by atoms with van der Waals surface area (Å²) in [5, 5.41) is 9.96. The molecule has 0 radical (unpaired) electrons. The van der Waals surface area contributed by atoms with Gasteiger partial charge in [0.25, 0.3) is 0 Å². The Hall–Kier alpha value is -2.83. The lowest BCUT2D eigenvalue weighted by Gasteiger charge is -2.16. The number of ether oxygens (including phenoxy) is 1. The van der Waals surface area contributed by atoms with Gasteiger partial charge in [0.1, 0.15) is 0 Å². The topological polar surface area (TPSA) is 85.4 Å². The number of aliphatic carboxylic acids is 1. The predicted octanol–water partition coefficient (Wildman–Crippen LogP) is 5.27. The maximum absolute atomic E-state index is 14.8. The molecule has 0 saturated heterocycles. The van der Waals surface area contributed by atoms with Gasteiger partial charge in [0.2, 0.25) is 0 Å². The lowest BCUT2D eigenvalue weighted by Crippen LogP contribution is -2.20. The van der Waals surface area contributed by atoms with Crippen LogP contribution in [0.2, 0.25) is 10.0 Å². The molecule has 5 nitrogen and oxygen atoms in total. The van der Waals surface area contributed by atoms with Gasteiger partial charge in [-0.2, -0.15) is 0 Å². The van der Waals surface area contributed by atoms with E-state index in [0.717, 1.165) is 5.56 Å². The molecule has 3 aromatic rings. The maximum atomic E-state index is 14.8. The molecule has 0 bridgehead atoms. The Morgan fingerprint density at radius 1 is 1.20 bits per heavy atom. The van der Waals surface area contributed by atoms with Gasteiger partial charge < -0.3 is 15.6 Å². The number of carboxylic acid groups (broad SMARTS) is 1. The van der Waals surface area contributed by atoms with Crippen molar-refractivity contribution in [1.29, 1.82) is 0 Å². The molecule has 2 aromatic carbocycles. The Balaban J connectivity index is 2.00. The predicted molar refractivity (Wildman–Crippen MR) is 116 cm³/mol. The smallest absolute Gasteiger partial charge is 0.307 e. The summed E-state index contributed by atoms with van der Waals surface area (Å²) in [5.74, 6) is -2.57. The number of rotatable bonds is 7. The van der Waals surface area contributed by atoms with Gasteiger partial charge in [-0.3, -0.25) is 9.78 Å². The summed E-state index contributed by atoms with van der Waals surface area (Å²) >= 11 is 12.3. The number of hydrogen-bond acceptors (Lipinski definition) is 4. The third-order valence-corrected chi connectivity index (χ3v) is 5.43. The molecule has 3 rings (SSSR count). The van der Waals surface area contributed by atoms with Gasteiger partial charge in [-0.15, -0.1) is 0 Å². The van der Waals surface area contributed by atoms with Crippen LogP contribution in [0.3, 0.4) is 0 Å². The monoisotopic (exact) mass is 448 g/mol. The molecule has 0 amide bonds. The number of nitrogen functional groups attached to an aromatic ring is 1. The minimum Gasteiger partial charge on any atom is -0.492 e. The third-order valence-electron chi connectivity index (χ3n) is 4.70. The molecular weight excluding hydrogens is 430 g/mol. The fraction of sp³-hybridized carbons (Fsp3) is 0.182. The number of nitrogens with two attached hydrogens (primary N) is 1. The first-order valence-electron chi connectivity index (χ1n) is 9.05. The van der Waals surface area contributed by atoms with E-state index in [4.69, 9.17) is 33.7 Å². The standard InChI is InChI=1S/C22H19Cl2FN2O3/c1-30-21-15(23)8-7-14(20(21)25)17-11-16(26)19(24)18(27-17)10-13(22(28)29)9-12-5-3-2-4-6-12/h2-8,11,13H,9-10H2,1H3,(H2,26,27)(H,28,29). The highest BCUT2D eigenvalue weighted by Gasteiger charge is 2.23. The molecule has 0 spiro atoms. The summed E-state index contributed by atoms with van der Waals surface area (Å²) in [5.41, 5.74) is 7.68. The van der Waals surface area contributed by atoms with E-state index in [9.17, 15) is 14.3 Å². The van der Waals surface area contributed by atoms with Crippen LogP contribution in [0.15, 0.2) is 48.5 Å². The molecule has 0 fully saturated rings. The van der Waals surface area contributed by atoms with Crippen LogP contribution in [0.4, 0.5) is 10.1 Å². The molecule has 8 heteroatoms. The summed E-state index contributed by atoms with van der Waals surface area (Å²) in [4.78, 5) is 16.3. The zero-order valence-corrected chi connectivity index (χ0v) is 17.5. The van der Waals surface area contributed by atoms with Crippen molar-refractivity contribution in [2.75, 3.05) is 12.8 Å². The molecule has 1 atom stereocenters. The molecule has 30 heavy (non-hydrogen) atoms. The van der Waals surface area contributed by atoms with E-state index in [1.54, 1.807) is 0 Å². The average Bonchev–Trinajstić information content (AvgIpc) is 2.71. The molecular formula is C22H19Cl2FN2O3. The molecule has 0 saturated carbocycles. The highest BCUT2D eigenvalue weighted by Crippen LogP contribution is 2.36. The normalized spacial score (nSPS) is 11.9. The number of halogens is 3. The van der Waals surface area contributed by atoms with Crippen molar-refractivity contribution in [2.24, 2.45) is 5.92 Å². The van der Waals surface area contributed by atoms with Crippen LogP contribution in [0.25, 0.3) is 11.3 Å². The zero-order valence-electron chi connectivity index (χ0n) is 16.0. The lowest BCUT2D eigenvalue weighted by atomic mass is 9.94. The van der Waals surface area contributed by atoms with Crippen molar-refractivity contribution in [3.05, 3.63) is 75.7 Å². The number of aromatic nitrogens is 1. The minimum atomic E-state index is -0.986. The highest BCUT2D eigenvalue weighted by atomic mass is 35.5. The van der Waals surface area contributed by atoms with Gasteiger partial charge in [0.05, 0.1) is 40.1 Å². The lowest BCUT2D eigenvalue weighted by molar-refractivity contribution is -0.141. The van der Waals surface area contributed by atoms with Gasteiger partial charge in [-0.05, 0) is 30.2 Å². The number of benzene rings is 2. The van der Waals surface area contributed by atoms with Crippen LogP contribution in [-0.4, -0.2) is 23.2 Å². The van der Waals surface area contributed by atoms with Gasteiger partial charge in [0.15, 0.2) is 11.6 Å². The largest absolute Gasteiger partial charge is 0.492 e. The van der Waals surface area contributed by atoms with Gasteiger partial charge in [0, 0.05) is 12.0 Å². The SMILES string of the molecule is COc1c(Cl)ccc(-c2cc(N)c(Cl)c(CC(Cc3ccccc3)C(=O)O)n2)c1F. The van der Waals surface area contributed by atoms with Crippen LogP contribution >= 0.6 is 23.2 Å². The van der Waals surface area contributed by atoms with Crippen LogP contribution in [0.5, 0.6) is 5.75 Å². The second kappa shape index (κ2) is 9.32. The van der Waals surface area contributed by atoms with Crippen LogP contribution in [0, 0.1) is 11.7 Å². The van der Waals surface area contributed by atoms with Crippen LogP contribution in [-0.2, 0) is 17.6 Å². The Morgan fingerprint density at radius 3 is 2.53 bits per heavy atom. The first kappa shape index (κ1) is 21.9. The Bertz CT molecular complexity index is 1080. The number of pyridine rings is 1. The molecule has 1 aromatic heterocycles. The number of anilines is 1. The van der Waals surface area contributed by atoms with Gasteiger partial charge >= 0.3 is 5.97 Å². The molecule has 0 aliphatic rings. The summed E-state index contributed by atoms with van der Waals surface area (Å²) in [7, 11) is 1.31. The van der Waals surface area contributed by atoms with Crippen molar-refractivity contribution in [1.82, 2.24) is 4.98 Å². The van der Waals surface area contributed by atoms with Crippen LogP contribution in [0.1, 0.15) is 11.3 Å². The van der Waals surface area contributed by atoms with Gasteiger partial charge in [-0.25, -0.2) is 4.39 Å².